The highest BCUT2D eigenvalue weighted by atomic mass is 16.5. The van der Waals surface area contributed by atoms with E-state index >= 15 is 0 Å². The summed E-state index contributed by atoms with van der Waals surface area (Å²) in [6.45, 7) is 5.97. The summed E-state index contributed by atoms with van der Waals surface area (Å²) in [5, 5.41) is 7.30. The molecule has 0 aromatic heterocycles. The van der Waals surface area contributed by atoms with Crippen molar-refractivity contribution >= 4 is 5.84 Å². The minimum Gasteiger partial charge on any atom is -0.492 e. The first-order chi connectivity index (χ1) is 8.54. The van der Waals surface area contributed by atoms with Crippen LogP contribution in [-0.2, 0) is 0 Å². The molecule has 0 spiro atoms. The lowest BCUT2D eigenvalue weighted by atomic mass is 10.2. The first kappa shape index (κ1) is 14.5. The van der Waals surface area contributed by atoms with Gasteiger partial charge >= 0.3 is 0 Å². The molecular weight excluding hydrogens is 226 g/mol. The molecule has 0 heterocycles. The van der Waals surface area contributed by atoms with Crippen molar-refractivity contribution in [3.63, 3.8) is 0 Å². The van der Waals surface area contributed by atoms with Crippen molar-refractivity contribution in [1.29, 1.82) is 5.41 Å². The smallest absolute Gasteiger partial charge is 0.122 e. The van der Waals surface area contributed by atoms with Crippen LogP contribution >= 0.6 is 0 Å². The second-order valence-electron chi connectivity index (χ2n) is 4.52. The quantitative estimate of drug-likeness (QED) is 0.574. The van der Waals surface area contributed by atoms with Crippen molar-refractivity contribution < 1.29 is 4.74 Å². The van der Waals surface area contributed by atoms with Gasteiger partial charge in [0.2, 0.25) is 0 Å². The van der Waals surface area contributed by atoms with Crippen LogP contribution in [0.4, 0.5) is 0 Å². The molecule has 0 aliphatic heterocycles. The molecule has 0 bridgehead atoms. The molecule has 0 fully saturated rings. The van der Waals surface area contributed by atoms with E-state index in [1.54, 1.807) is 12.1 Å². The number of amidine groups is 1. The number of nitrogen functional groups attached to an aromatic ring is 1. The van der Waals surface area contributed by atoms with E-state index in [4.69, 9.17) is 15.9 Å². The summed E-state index contributed by atoms with van der Waals surface area (Å²) in [5.41, 5.74) is 6.11. The van der Waals surface area contributed by atoms with Crippen molar-refractivity contribution in [2.24, 2.45) is 5.73 Å². The summed E-state index contributed by atoms with van der Waals surface area (Å²) in [6.07, 6.45) is 1.14. The number of ether oxygens (including phenoxy) is 1. The Morgan fingerprint density at radius 3 is 2.50 bits per heavy atom. The van der Waals surface area contributed by atoms with E-state index in [1.165, 1.54) is 0 Å². The van der Waals surface area contributed by atoms with Gasteiger partial charge in [0.05, 0.1) is 0 Å². The van der Waals surface area contributed by atoms with Gasteiger partial charge in [0, 0.05) is 18.2 Å². The minimum atomic E-state index is 0.0815. The Balaban J connectivity index is 2.38. The second-order valence-corrected chi connectivity index (χ2v) is 4.52. The second kappa shape index (κ2) is 7.01. The van der Waals surface area contributed by atoms with Crippen LogP contribution in [0.5, 0.6) is 5.75 Å². The first-order valence-electron chi connectivity index (χ1n) is 6.32. The van der Waals surface area contributed by atoms with Gasteiger partial charge in [-0.2, -0.15) is 0 Å². The van der Waals surface area contributed by atoms with E-state index < -0.39 is 0 Å². The molecule has 1 aromatic rings. The van der Waals surface area contributed by atoms with Gasteiger partial charge in [-0.25, -0.2) is 0 Å². The van der Waals surface area contributed by atoms with Gasteiger partial charge in [-0.1, -0.05) is 6.92 Å². The summed E-state index contributed by atoms with van der Waals surface area (Å²) in [6, 6.07) is 7.88. The number of hydrogen-bond acceptors (Lipinski definition) is 3. The van der Waals surface area contributed by atoms with Crippen molar-refractivity contribution in [3.05, 3.63) is 29.8 Å². The molecule has 1 aromatic carbocycles. The van der Waals surface area contributed by atoms with Gasteiger partial charge in [-0.05, 0) is 44.7 Å². The van der Waals surface area contributed by atoms with E-state index in [9.17, 15) is 0 Å². The zero-order valence-corrected chi connectivity index (χ0v) is 11.4. The summed E-state index contributed by atoms with van der Waals surface area (Å²) < 4.78 is 5.65. The topological polar surface area (TPSA) is 62.3 Å². The predicted molar refractivity (Wildman–Crippen MR) is 75.3 cm³/mol. The molecule has 0 aliphatic carbocycles. The summed E-state index contributed by atoms with van der Waals surface area (Å²) >= 11 is 0. The maximum atomic E-state index is 7.30. The summed E-state index contributed by atoms with van der Waals surface area (Å²) in [7, 11) is 2.11. The molecule has 4 heteroatoms. The van der Waals surface area contributed by atoms with E-state index in [0.717, 1.165) is 24.3 Å². The van der Waals surface area contributed by atoms with Crippen LogP contribution in [-0.4, -0.2) is 37.0 Å². The number of hydrogen-bond donors (Lipinski definition) is 2. The van der Waals surface area contributed by atoms with Gasteiger partial charge in [-0.3, -0.25) is 5.41 Å². The molecule has 1 unspecified atom stereocenters. The minimum absolute atomic E-state index is 0.0815. The fourth-order valence-corrected chi connectivity index (χ4v) is 1.57. The van der Waals surface area contributed by atoms with E-state index in [0.29, 0.717) is 12.6 Å². The normalized spacial score (nSPS) is 12.4. The number of likely N-dealkylation sites (N-methyl/N-ethyl adjacent to an activating group) is 1. The Morgan fingerprint density at radius 2 is 2.00 bits per heavy atom. The maximum Gasteiger partial charge on any atom is 0.122 e. The molecule has 0 radical (unpaired) electrons. The number of nitrogens with zero attached hydrogens (tertiary/aromatic N) is 1. The molecule has 0 saturated heterocycles. The number of rotatable bonds is 7. The van der Waals surface area contributed by atoms with Crippen LogP contribution in [0, 0.1) is 5.41 Å². The number of nitrogens with one attached hydrogen (secondary N) is 1. The van der Waals surface area contributed by atoms with Crippen LogP contribution in [0.3, 0.4) is 0 Å². The molecule has 0 aliphatic rings. The highest BCUT2D eigenvalue weighted by molar-refractivity contribution is 5.94. The maximum absolute atomic E-state index is 7.30. The SMILES string of the molecule is CCC(C)N(C)CCOc1ccc(C(=N)N)cc1. The van der Waals surface area contributed by atoms with Crippen molar-refractivity contribution in [3.8, 4) is 5.75 Å². The summed E-state index contributed by atoms with van der Waals surface area (Å²) in [4.78, 5) is 2.28. The van der Waals surface area contributed by atoms with Crippen LogP contribution < -0.4 is 10.5 Å². The highest BCUT2D eigenvalue weighted by Gasteiger charge is 2.06. The van der Waals surface area contributed by atoms with Crippen LogP contribution in [0.1, 0.15) is 25.8 Å². The zero-order chi connectivity index (χ0) is 13.5. The molecule has 1 rings (SSSR count). The largest absolute Gasteiger partial charge is 0.492 e. The van der Waals surface area contributed by atoms with Gasteiger partial charge in [0.1, 0.15) is 18.2 Å². The van der Waals surface area contributed by atoms with E-state index in [2.05, 4.69) is 25.8 Å². The molecule has 0 saturated carbocycles. The molecule has 18 heavy (non-hydrogen) atoms. The van der Waals surface area contributed by atoms with Gasteiger partial charge < -0.3 is 15.4 Å². The van der Waals surface area contributed by atoms with E-state index in [-0.39, 0.29) is 5.84 Å². The lowest BCUT2D eigenvalue weighted by Crippen LogP contribution is -2.32. The Hall–Kier alpha value is -1.55. The molecular formula is C14H23N3O. The Bertz CT molecular complexity index is 375. The number of benzene rings is 1. The van der Waals surface area contributed by atoms with Gasteiger partial charge in [0.25, 0.3) is 0 Å². The van der Waals surface area contributed by atoms with E-state index in [1.807, 2.05) is 12.1 Å². The summed E-state index contributed by atoms with van der Waals surface area (Å²) in [5.74, 6) is 0.899. The fraction of sp³-hybridized carbons (Fsp3) is 0.500. The van der Waals surface area contributed by atoms with Crippen molar-refractivity contribution in [2.75, 3.05) is 20.2 Å². The zero-order valence-electron chi connectivity index (χ0n) is 11.4. The third-order valence-electron chi connectivity index (χ3n) is 3.22. The number of nitrogens with two attached hydrogens (primary N) is 1. The Morgan fingerprint density at radius 1 is 1.39 bits per heavy atom. The average Bonchev–Trinajstić information content (AvgIpc) is 2.38. The standard InChI is InChI=1S/C14H23N3O/c1-4-11(2)17(3)9-10-18-13-7-5-12(6-8-13)14(15)16/h5-8,11H,4,9-10H2,1-3H3,(H3,15,16). The third kappa shape index (κ3) is 4.37. The molecule has 1 atom stereocenters. The lowest BCUT2D eigenvalue weighted by molar-refractivity contribution is 0.196. The average molecular weight is 249 g/mol. The molecule has 4 nitrogen and oxygen atoms in total. The fourth-order valence-electron chi connectivity index (χ4n) is 1.57. The predicted octanol–water partition coefficient (Wildman–Crippen LogP) is 2.08. The highest BCUT2D eigenvalue weighted by Crippen LogP contribution is 2.12. The Labute approximate surface area is 109 Å². The molecule has 100 valence electrons. The monoisotopic (exact) mass is 249 g/mol. The van der Waals surface area contributed by atoms with Gasteiger partial charge in [-0.15, -0.1) is 0 Å². The first-order valence-corrected chi connectivity index (χ1v) is 6.32. The van der Waals surface area contributed by atoms with Crippen LogP contribution in [0.15, 0.2) is 24.3 Å². The van der Waals surface area contributed by atoms with Crippen molar-refractivity contribution in [2.45, 2.75) is 26.3 Å². The third-order valence-corrected chi connectivity index (χ3v) is 3.22. The van der Waals surface area contributed by atoms with Crippen LogP contribution in [0.2, 0.25) is 0 Å². The van der Waals surface area contributed by atoms with Crippen LogP contribution in [0.25, 0.3) is 0 Å². The lowest BCUT2D eigenvalue weighted by Gasteiger charge is -2.23. The van der Waals surface area contributed by atoms with Crippen molar-refractivity contribution in [1.82, 2.24) is 4.90 Å². The Kier molecular flexibility index (Phi) is 5.65. The molecule has 3 N–H and O–H groups in total. The molecule has 0 amide bonds. The van der Waals surface area contributed by atoms with Gasteiger partial charge in [0.15, 0.2) is 0 Å².